The van der Waals surface area contributed by atoms with Gasteiger partial charge >= 0.3 is 6.03 Å². The van der Waals surface area contributed by atoms with E-state index in [1.807, 2.05) is 6.07 Å². The van der Waals surface area contributed by atoms with Crippen LogP contribution in [-0.2, 0) is 9.59 Å². The molecule has 1 N–H and O–H groups in total. The van der Waals surface area contributed by atoms with E-state index in [-0.39, 0.29) is 12.5 Å². The smallest absolute Gasteiger partial charge is 0.329 e. The zero-order valence-electron chi connectivity index (χ0n) is 10.3. The Morgan fingerprint density at radius 3 is 2.68 bits per heavy atom. The number of carbonyl (C=O) groups is 2. The van der Waals surface area contributed by atoms with E-state index in [0.717, 1.165) is 6.42 Å². The van der Waals surface area contributed by atoms with E-state index in [1.54, 1.807) is 30.6 Å². The molecule has 1 fully saturated rings. The van der Waals surface area contributed by atoms with Crippen molar-refractivity contribution in [2.45, 2.75) is 12.8 Å². The van der Waals surface area contributed by atoms with E-state index in [2.05, 4.69) is 5.32 Å². The molecule has 99 valence electrons. The molecular weight excluding hydrogens is 246 g/mol. The van der Waals surface area contributed by atoms with Gasteiger partial charge < -0.3 is 5.32 Å². The lowest BCUT2D eigenvalue weighted by atomic mass is 10.3. The fourth-order valence-corrected chi connectivity index (χ4v) is 1.97. The Kier molecular flexibility index (Phi) is 4.12. The number of anilines is 1. The second-order valence-corrected chi connectivity index (χ2v) is 4.07. The van der Waals surface area contributed by atoms with Crippen molar-refractivity contribution in [2.75, 3.05) is 18.1 Å². The van der Waals surface area contributed by atoms with Crippen LogP contribution in [-0.4, -0.2) is 36.3 Å². The zero-order valence-corrected chi connectivity index (χ0v) is 10.3. The van der Waals surface area contributed by atoms with Crippen LogP contribution in [0.1, 0.15) is 12.8 Å². The van der Waals surface area contributed by atoms with Crippen LogP contribution in [0.15, 0.2) is 30.3 Å². The zero-order chi connectivity index (χ0) is 13.7. The third kappa shape index (κ3) is 2.90. The summed E-state index contributed by atoms with van der Waals surface area (Å²) in [7, 11) is 0. The molecule has 0 aromatic heterocycles. The molecule has 1 aliphatic rings. The molecule has 1 radical (unpaired) electrons. The van der Waals surface area contributed by atoms with Gasteiger partial charge in [0.15, 0.2) is 0 Å². The van der Waals surface area contributed by atoms with Crippen molar-refractivity contribution in [1.82, 2.24) is 10.3 Å². The fraction of sp³-hybridized carbons (Fsp3) is 0.308. The fourth-order valence-electron chi connectivity index (χ4n) is 1.97. The normalized spacial score (nSPS) is 14.3. The Labute approximate surface area is 111 Å². The molecule has 1 saturated heterocycles. The summed E-state index contributed by atoms with van der Waals surface area (Å²) in [6.45, 7) is 0.288. The number of urea groups is 1. The van der Waals surface area contributed by atoms with Gasteiger partial charge in [0.25, 0.3) is 0 Å². The van der Waals surface area contributed by atoms with Gasteiger partial charge in [-0.25, -0.2) is 14.8 Å². The molecule has 0 spiro atoms. The van der Waals surface area contributed by atoms with Crippen LogP contribution < -0.4 is 10.3 Å². The lowest BCUT2D eigenvalue weighted by molar-refractivity contribution is -0.127. The minimum atomic E-state index is -0.509. The molecule has 0 saturated carbocycles. The Morgan fingerprint density at radius 2 is 2.11 bits per heavy atom. The number of para-hydroxylation sites is 1. The summed E-state index contributed by atoms with van der Waals surface area (Å²) >= 11 is 0. The van der Waals surface area contributed by atoms with E-state index < -0.39 is 6.03 Å². The number of amides is 3. The second-order valence-electron chi connectivity index (χ2n) is 4.07. The van der Waals surface area contributed by atoms with Gasteiger partial charge in [0.05, 0.1) is 12.2 Å². The number of benzene rings is 1. The Hall–Kier alpha value is -2.37. The first-order chi connectivity index (χ1) is 9.24. The van der Waals surface area contributed by atoms with Crippen LogP contribution in [0.3, 0.4) is 0 Å². The molecule has 1 aromatic carbocycles. The van der Waals surface area contributed by atoms with E-state index in [1.165, 1.54) is 10.0 Å². The monoisotopic (exact) mass is 260 g/mol. The molecular formula is C13H14N3O3. The van der Waals surface area contributed by atoms with Crippen LogP contribution in [0.25, 0.3) is 0 Å². The summed E-state index contributed by atoms with van der Waals surface area (Å²) in [4.78, 5) is 34.1. The summed E-state index contributed by atoms with van der Waals surface area (Å²) in [5.41, 5.74) is 0.584. The highest BCUT2D eigenvalue weighted by Crippen LogP contribution is 2.21. The Morgan fingerprint density at radius 1 is 1.37 bits per heavy atom. The molecule has 0 aliphatic carbocycles. The van der Waals surface area contributed by atoms with Gasteiger partial charge in [0.2, 0.25) is 12.2 Å². The van der Waals surface area contributed by atoms with Crippen molar-refractivity contribution in [1.29, 1.82) is 0 Å². The highest BCUT2D eigenvalue weighted by atomic mass is 16.2. The minimum Gasteiger partial charge on any atom is -0.329 e. The average Bonchev–Trinajstić information content (AvgIpc) is 2.84. The number of rotatable bonds is 4. The van der Waals surface area contributed by atoms with Crippen molar-refractivity contribution in [2.24, 2.45) is 0 Å². The quantitative estimate of drug-likeness (QED) is 0.872. The minimum absolute atomic E-state index is 0.103. The molecule has 6 heteroatoms. The Balaban J connectivity index is 2.25. The van der Waals surface area contributed by atoms with Gasteiger partial charge in [-0.15, -0.1) is 0 Å². The number of hydrazine groups is 1. The third-order valence-corrected chi connectivity index (χ3v) is 2.79. The van der Waals surface area contributed by atoms with Crippen LogP contribution in [0, 0.1) is 0 Å². The first-order valence-corrected chi connectivity index (χ1v) is 6.02. The number of hydrogen-bond acceptors (Lipinski definition) is 3. The van der Waals surface area contributed by atoms with Gasteiger partial charge in [0, 0.05) is 13.0 Å². The van der Waals surface area contributed by atoms with Crippen molar-refractivity contribution in [3.8, 4) is 0 Å². The number of nitrogens with one attached hydrogen (secondary N) is 1. The summed E-state index contributed by atoms with van der Waals surface area (Å²) in [5.74, 6) is -0.103. The Bertz CT molecular complexity index is 475. The van der Waals surface area contributed by atoms with Gasteiger partial charge in [-0.3, -0.25) is 9.59 Å². The molecule has 3 amide bonds. The topological polar surface area (TPSA) is 69.7 Å². The van der Waals surface area contributed by atoms with Gasteiger partial charge in [-0.2, -0.15) is 0 Å². The van der Waals surface area contributed by atoms with Crippen LogP contribution >= 0.6 is 0 Å². The van der Waals surface area contributed by atoms with Crippen molar-refractivity contribution < 1.29 is 14.4 Å². The van der Waals surface area contributed by atoms with Crippen LogP contribution in [0.2, 0.25) is 0 Å². The molecule has 1 aromatic rings. The predicted octanol–water partition coefficient (Wildman–Crippen LogP) is 0.850. The first kappa shape index (κ1) is 13.1. The molecule has 2 rings (SSSR count). The lowest BCUT2D eigenvalue weighted by Crippen LogP contribution is -2.52. The van der Waals surface area contributed by atoms with E-state index >= 15 is 0 Å². The molecule has 1 heterocycles. The molecule has 6 nitrogen and oxygen atoms in total. The van der Waals surface area contributed by atoms with E-state index in [4.69, 9.17) is 0 Å². The molecule has 0 atom stereocenters. The highest BCUT2D eigenvalue weighted by Gasteiger charge is 2.30. The maximum Gasteiger partial charge on any atom is 0.341 e. The van der Waals surface area contributed by atoms with Crippen LogP contribution in [0.5, 0.6) is 0 Å². The standard InChI is InChI=1S/C13H14N3O3/c17-10-8-14-13(19)16(11-5-2-1-3-6-11)15-9-4-7-12(15)18/h1-3,5-6H,4,7-9H2,(H,14,19). The van der Waals surface area contributed by atoms with Gasteiger partial charge in [-0.1, -0.05) is 18.2 Å². The summed E-state index contributed by atoms with van der Waals surface area (Å²) in [5, 5.41) is 5.07. The number of nitrogens with zero attached hydrogens (tertiary/aromatic N) is 2. The molecule has 19 heavy (non-hydrogen) atoms. The largest absolute Gasteiger partial charge is 0.341 e. The molecule has 0 bridgehead atoms. The molecule has 1 aliphatic heterocycles. The maximum atomic E-state index is 12.1. The van der Waals surface area contributed by atoms with E-state index in [9.17, 15) is 14.4 Å². The molecule has 0 unspecified atom stereocenters. The maximum absolute atomic E-state index is 12.1. The highest BCUT2D eigenvalue weighted by molar-refractivity contribution is 5.96. The SMILES string of the molecule is O=[C]CNC(=O)N(c1ccccc1)N1CCCC1=O. The lowest BCUT2D eigenvalue weighted by Gasteiger charge is -2.31. The predicted molar refractivity (Wildman–Crippen MR) is 69.0 cm³/mol. The number of carbonyl (C=O) groups excluding carboxylic acids is 3. The number of hydrogen-bond donors (Lipinski definition) is 1. The van der Waals surface area contributed by atoms with Gasteiger partial charge in [-0.05, 0) is 18.6 Å². The van der Waals surface area contributed by atoms with E-state index in [0.29, 0.717) is 18.7 Å². The third-order valence-electron chi connectivity index (χ3n) is 2.79. The van der Waals surface area contributed by atoms with Gasteiger partial charge in [0.1, 0.15) is 0 Å². The van der Waals surface area contributed by atoms with Crippen molar-refractivity contribution >= 4 is 23.9 Å². The van der Waals surface area contributed by atoms with Crippen molar-refractivity contribution in [3.63, 3.8) is 0 Å². The first-order valence-electron chi connectivity index (χ1n) is 6.02. The average molecular weight is 260 g/mol. The summed E-state index contributed by atoms with van der Waals surface area (Å²) in [6.07, 6.45) is 2.74. The van der Waals surface area contributed by atoms with Crippen LogP contribution in [0.4, 0.5) is 10.5 Å². The summed E-state index contributed by atoms with van der Waals surface area (Å²) < 4.78 is 0. The van der Waals surface area contributed by atoms with Crippen molar-refractivity contribution in [3.05, 3.63) is 30.3 Å². The summed E-state index contributed by atoms with van der Waals surface area (Å²) in [6, 6.07) is 8.34. The second kappa shape index (κ2) is 5.99.